The Kier molecular flexibility index (Phi) is 6.79. The third kappa shape index (κ3) is 5.44. The van der Waals surface area contributed by atoms with Crippen molar-refractivity contribution in [1.29, 1.82) is 0 Å². The molecule has 13 heteroatoms. The predicted molar refractivity (Wildman–Crippen MR) is 141 cm³/mol. The van der Waals surface area contributed by atoms with Crippen molar-refractivity contribution < 1.29 is 23.5 Å². The summed E-state index contributed by atoms with van der Waals surface area (Å²) in [6, 6.07) is 4.50. The van der Waals surface area contributed by atoms with Crippen LogP contribution in [0.1, 0.15) is 56.4 Å². The molecule has 0 radical (unpaired) electrons. The van der Waals surface area contributed by atoms with E-state index in [0.717, 1.165) is 0 Å². The van der Waals surface area contributed by atoms with Gasteiger partial charge in [-0.15, -0.1) is 0 Å². The largest absolute Gasteiger partial charge is 0.443 e. The van der Waals surface area contributed by atoms with Crippen molar-refractivity contribution in [3.05, 3.63) is 46.5 Å². The van der Waals surface area contributed by atoms with Gasteiger partial charge in [0.1, 0.15) is 34.7 Å². The molecule has 0 bridgehead atoms. The zero-order chi connectivity index (χ0) is 28.1. The SMILES string of the molecule is CO[C@@H]1CC1NC(=O)c1cnn2c(N(C)C(=O)OC(C)(C)C)cc(Nc3cccn([C@H]4C[C@H](F)C4)c3=O)nc12. The maximum absolute atomic E-state index is 13.4. The maximum Gasteiger partial charge on any atom is 0.415 e. The molecule has 3 aromatic heterocycles. The Labute approximate surface area is 224 Å². The molecule has 2 atom stereocenters. The highest BCUT2D eigenvalue weighted by molar-refractivity contribution is 6.01. The van der Waals surface area contributed by atoms with E-state index in [4.69, 9.17) is 9.47 Å². The fraction of sp³-hybridized carbons (Fsp3) is 0.500. The lowest BCUT2D eigenvalue weighted by atomic mass is 9.90. The van der Waals surface area contributed by atoms with Crippen LogP contribution in [-0.2, 0) is 9.47 Å². The second-order valence-electron chi connectivity index (χ2n) is 10.9. The Hall–Kier alpha value is -4.00. The molecule has 208 valence electrons. The molecule has 3 heterocycles. The zero-order valence-electron chi connectivity index (χ0n) is 22.5. The molecule has 0 aliphatic heterocycles. The van der Waals surface area contributed by atoms with Gasteiger partial charge in [0.15, 0.2) is 5.65 Å². The predicted octanol–water partition coefficient (Wildman–Crippen LogP) is 3.20. The summed E-state index contributed by atoms with van der Waals surface area (Å²) in [4.78, 5) is 45.0. The Morgan fingerprint density at radius 3 is 2.62 bits per heavy atom. The highest BCUT2D eigenvalue weighted by atomic mass is 19.1. The van der Waals surface area contributed by atoms with Gasteiger partial charge in [-0.1, -0.05) is 0 Å². The monoisotopic (exact) mass is 541 g/mol. The first-order valence-corrected chi connectivity index (χ1v) is 12.8. The molecule has 3 aromatic rings. The zero-order valence-corrected chi connectivity index (χ0v) is 22.5. The number of pyridine rings is 1. The van der Waals surface area contributed by atoms with Gasteiger partial charge in [-0.2, -0.15) is 9.61 Å². The van der Waals surface area contributed by atoms with Crippen molar-refractivity contribution in [1.82, 2.24) is 24.5 Å². The molecule has 2 saturated carbocycles. The highest BCUT2D eigenvalue weighted by Gasteiger charge is 2.39. The normalized spacial score (nSPS) is 22.2. The molecule has 0 spiro atoms. The van der Waals surface area contributed by atoms with Crippen molar-refractivity contribution in [2.75, 3.05) is 24.4 Å². The van der Waals surface area contributed by atoms with Crippen LogP contribution in [0.4, 0.5) is 26.5 Å². The van der Waals surface area contributed by atoms with E-state index in [0.29, 0.717) is 6.42 Å². The molecule has 39 heavy (non-hydrogen) atoms. The molecule has 0 aromatic carbocycles. The molecule has 2 N–H and O–H groups in total. The van der Waals surface area contributed by atoms with Gasteiger partial charge < -0.3 is 24.7 Å². The summed E-state index contributed by atoms with van der Waals surface area (Å²) in [6.07, 6.45) is 2.70. The quantitative estimate of drug-likeness (QED) is 0.466. The van der Waals surface area contributed by atoms with Gasteiger partial charge in [-0.25, -0.2) is 14.2 Å². The number of amides is 2. The molecule has 2 amide bonds. The molecule has 1 unspecified atom stereocenters. The number of nitrogens with zero attached hydrogens (tertiary/aromatic N) is 5. The minimum Gasteiger partial charge on any atom is -0.443 e. The first-order chi connectivity index (χ1) is 18.4. The van der Waals surface area contributed by atoms with E-state index >= 15 is 0 Å². The highest BCUT2D eigenvalue weighted by Crippen LogP contribution is 2.34. The van der Waals surface area contributed by atoms with E-state index in [2.05, 4.69) is 20.7 Å². The summed E-state index contributed by atoms with van der Waals surface area (Å²) in [5.74, 6) is 0.0703. The lowest BCUT2D eigenvalue weighted by Gasteiger charge is -2.31. The summed E-state index contributed by atoms with van der Waals surface area (Å²) in [5.41, 5.74) is -0.496. The third-order valence-electron chi connectivity index (χ3n) is 6.75. The van der Waals surface area contributed by atoms with E-state index in [9.17, 15) is 18.8 Å². The number of fused-ring (bicyclic) bond motifs is 1. The maximum atomic E-state index is 13.4. The van der Waals surface area contributed by atoms with Crippen LogP contribution in [0.25, 0.3) is 5.65 Å². The van der Waals surface area contributed by atoms with Gasteiger partial charge in [0, 0.05) is 32.5 Å². The van der Waals surface area contributed by atoms with E-state index in [1.165, 1.54) is 33.3 Å². The number of ether oxygens (including phenoxy) is 2. The molecule has 2 aliphatic rings. The number of carbonyl (C=O) groups excluding carboxylic acids is 2. The van der Waals surface area contributed by atoms with Gasteiger partial charge in [-0.3, -0.25) is 14.5 Å². The van der Waals surface area contributed by atoms with Crippen molar-refractivity contribution in [2.24, 2.45) is 0 Å². The topological polar surface area (TPSA) is 132 Å². The van der Waals surface area contributed by atoms with E-state index in [1.54, 1.807) is 46.2 Å². The second kappa shape index (κ2) is 9.95. The van der Waals surface area contributed by atoms with Crippen LogP contribution in [0.2, 0.25) is 0 Å². The Morgan fingerprint density at radius 1 is 1.23 bits per heavy atom. The van der Waals surface area contributed by atoms with E-state index < -0.39 is 23.8 Å². The average molecular weight is 542 g/mol. The number of rotatable bonds is 7. The van der Waals surface area contributed by atoms with E-state index in [1.807, 2.05) is 0 Å². The van der Waals surface area contributed by atoms with Gasteiger partial charge in [0.25, 0.3) is 11.5 Å². The summed E-state index contributed by atoms with van der Waals surface area (Å²) >= 11 is 0. The van der Waals surface area contributed by atoms with Crippen molar-refractivity contribution >= 4 is 35.0 Å². The van der Waals surface area contributed by atoms with Crippen LogP contribution in [0.3, 0.4) is 0 Å². The lowest BCUT2D eigenvalue weighted by Crippen LogP contribution is -2.35. The Morgan fingerprint density at radius 2 is 1.97 bits per heavy atom. The summed E-state index contributed by atoms with van der Waals surface area (Å²) in [5, 5.41) is 10.2. The summed E-state index contributed by atoms with van der Waals surface area (Å²) in [7, 11) is 3.10. The number of carbonyl (C=O) groups is 2. The Bertz CT molecular complexity index is 1470. The second-order valence-corrected chi connectivity index (χ2v) is 10.9. The van der Waals surface area contributed by atoms with Crippen LogP contribution in [0, 0.1) is 0 Å². The van der Waals surface area contributed by atoms with Crippen molar-refractivity contribution in [3.8, 4) is 0 Å². The number of hydrogen-bond donors (Lipinski definition) is 2. The van der Waals surface area contributed by atoms with E-state index in [-0.39, 0.29) is 65.1 Å². The average Bonchev–Trinajstić information content (AvgIpc) is 3.46. The molecular weight excluding hydrogens is 509 g/mol. The van der Waals surface area contributed by atoms with Crippen LogP contribution in [-0.4, -0.2) is 69.2 Å². The Balaban J connectivity index is 1.52. The number of aromatic nitrogens is 4. The lowest BCUT2D eigenvalue weighted by molar-refractivity contribution is 0.0587. The first kappa shape index (κ1) is 26.6. The fourth-order valence-corrected chi connectivity index (χ4v) is 4.44. The smallest absolute Gasteiger partial charge is 0.415 e. The minimum atomic E-state index is -0.908. The van der Waals surface area contributed by atoms with Crippen LogP contribution >= 0.6 is 0 Å². The number of hydrogen-bond acceptors (Lipinski definition) is 8. The molecule has 2 aliphatic carbocycles. The molecule has 5 rings (SSSR count). The van der Waals surface area contributed by atoms with Crippen LogP contribution in [0.15, 0.2) is 35.4 Å². The van der Waals surface area contributed by atoms with Crippen LogP contribution < -0.4 is 21.1 Å². The van der Waals surface area contributed by atoms with Gasteiger partial charge in [0.2, 0.25) is 0 Å². The number of alkyl halides is 1. The van der Waals surface area contributed by atoms with Gasteiger partial charge >= 0.3 is 6.09 Å². The third-order valence-corrected chi connectivity index (χ3v) is 6.75. The van der Waals surface area contributed by atoms with Crippen molar-refractivity contribution in [2.45, 2.75) is 70.0 Å². The molecule has 2 fully saturated rings. The molecule has 0 saturated heterocycles. The summed E-state index contributed by atoms with van der Waals surface area (Å²) in [6.45, 7) is 5.26. The first-order valence-electron chi connectivity index (χ1n) is 12.8. The van der Waals surface area contributed by atoms with Crippen LogP contribution in [0.5, 0.6) is 0 Å². The molecular formula is C26H32FN7O5. The minimum absolute atomic E-state index is 0.0431. The number of halogens is 1. The molecule has 12 nitrogen and oxygen atoms in total. The van der Waals surface area contributed by atoms with Crippen molar-refractivity contribution in [3.63, 3.8) is 0 Å². The summed E-state index contributed by atoms with van der Waals surface area (Å²) < 4.78 is 27.1. The fourth-order valence-electron chi connectivity index (χ4n) is 4.44. The van der Waals surface area contributed by atoms with Gasteiger partial charge in [0.05, 0.1) is 18.3 Å². The standard InChI is InChI=1S/C26H32FN7O5/c1-26(2,3)39-25(37)32(4)21-12-20(29-17-7-6-8-33(24(17)36)15-9-14(27)10-15)31-22-16(13-28-34(21)22)23(35)30-18-11-19(18)38-5/h6-8,12-15,18-19H,9-11H2,1-5H3,(H,29,31)(H,30,35)/t14-,15-,18?,19-/m1/s1. The number of anilines is 3. The number of methoxy groups -OCH3 is 1. The van der Waals surface area contributed by atoms with Gasteiger partial charge in [-0.05, 0) is 52.2 Å². The number of nitrogens with one attached hydrogen (secondary N) is 2.